The van der Waals surface area contributed by atoms with E-state index in [4.69, 9.17) is 5.73 Å². The van der Waals surface area contributed by atoms with Crippen LogP contribution in [0.15, 0.2) is 6.07 Å². The molecule has 108 valence electrons. The van der Waals surface area contributed by atoms with Gasteiger partial charge in [-0.1, -0.05) is 0 Å². The van der Waals surface area contributed by atoms with Crippen molar-refractivity contribution in [3.8, 4) is 0 Å². The summed E-state index contributed by atoms with van der Waals surface area (Å²) in [6.45, 7) is 4.40. The molecule has 0 spiro atoms. The molecule has 2 rings (SSSR count). The third-order valence-electron chi connectivity index (χ3n) is 3.47. The summed E-state index contributed by atoms with van der Waals surface area (Å²) in [5.41, 5.74) is 5.62. The van der Waals surface area contributed by atoms with E-state index in [2.05, 4.69) is 10.00 Å². The first-order chi connectivity index (χ1) is 8.90. The van der Waals surface area contributed by atoms with Crippen molar-refractivity contribution in [3.05, 3.63) is 17.5 Å². The standard InChI is InChI=1S/C12H19F3N4/c1-2-19-10(7-11(17-19)12(13,14)15)8-18-5-3-9(16)4-6-18/h7,9H,2-6,8,16H2,1H3. The zero-order valence-corrected chi connectivity index (χ0v) is 11.0. The molecule has 0 saturated carbocycles. The Morgan fingerprint density at radius 3 is 2.53 bits per heavy atom. The fourth-order valence-electron chi connectivity index (χ4n) is 2.34. The van der Waals surface area contributed by atoms with Crippen LogP contribution in [0.2, 0.25) is 0 Å². The number of hydrogen-bond acceptors (Lipinski definition) is 3. The molecule has 1 aromatic heterocycles. The fourth-order valence-corrected chi connectivity index (χ4v) is 2.34. The van der Waals surface area contributed by atoms with E-state index >= 15 is 0 Å². The molecule has 1 aromatic rings. The number of hydrogen-bond donors (Lipinski definition) is 1. The predicted molar refractivity (Wildman–Crippen MR) is 65.4 cm³/mol. The predicted octanol–water partition coefficient (Wildman–Crippen LogP) is 1.84. The van der Waals surface area contributed by atoms with Crippen LogP contribution < -0.4 is 5.73 Å². The molecule has 0 aliphatic carbocycles. The van der Waals surface area contributed by atoms with Gasteiger partial charge in [0.15, 0.2) is 5.69 Å². The number of nitrogens with two attached hydrogens (primary N) is 1. The Balaban J connectivity index is 2.09. The van der Waals surface area contributed by atoms with E-state index in [1.807, 2.05) is 0 Å². The Bertz CT molecular complexity index is 419. The van der Waals surface area contributed by atoms with Gasteiger partial charge in [-0.2, -0.15) is 18.3 Å². The van der Waals surface area contributed by atoms with Crippen molar-refractivity contribution < 1.29 is 13.2 Å². The van der Waals surface area contributed by atoms with E-state index < -0.39 is 11.9 Å². The molecule has 1 fully saturated rings. The lowest BCUT2D eigenvalue weighted by molar-refractivity contribution is -0.141. The summed E-state index contributed by atoms with van der Waals surface area (Å²) >= 11 is 0. The molecule has 1 saturated heterocycles. The molecule has 1 aliphatic heterocycles. The molecule has 0 bridgehead atoms. The van der Waals surface area contributed by atoms with E-state index in [-0.39, 0.29) is 6.04 Å². The topological polar surface area (TPSA) is 47.1 Å². The summed E-state index contributed by atoms with van der Waals surface area (Å²) in [6, 6.07) is 1.37. The molecule has 1 aliphatic rings. The molecule has 19 heavy (non-hydrogen) atoms. The van der Waals surface area contributed by atoms with Gasteiger partial charge in [0.2, 0.25) is 0 Å². The zero-order chi connectivity index (χ0) is 14.0. The molecule has 2 N–H and O–H groups in total. The average Bonchev–Trinajstić information content (AvgIpc) is 2.75. The minimum Gasteiger partial charge on any atom is -0.328 e. The highest BCUT2D eigenvalue weighted by atomic mass is 19.4. The highest BCUT2D eigenvalue weighted by Gasteiger charge is 2.35. The summed E-state index contributed by atoms with van der Waals surface area (Å²) in [4.78, 5) is 2.13. The van der Waals surface area contributed by atoms with Crippen LogP contribution in [0.4, 0.5) is 13.2 Å². The molecule has 0 radical (unpaired) electrons. The summed E-state index contributed by atoms with van der Waals surface area (Å²) in [5.74, 6) is 0. The molecule has 0 atom stereocenters. The number of alkyl halides is 3. The van der Waals surface area contributed by atoms with Gasteiger partial charge in [0.05, 0.1) is 5.69 Å². The van der Waals surface area contributed by atoms with Crippen molar-refractivity contribution in [2.75, 3.05) is 13.1 Å². The van der Waals surface area contributed by atoms with Crippen LogP contribution in [-0.2, 0) is 19.3 Å². The number of nitrogens with zero attached hydrogens (tertiary/aromatic N) is 3. The zero-order valence-electron chi connectivity index (χ0n) is 11.0. The summed E-state index contributed by atoms with van der Waals surface area (Å²) in [5, 5.41) is 3.62. The van der Waals surface area contributed by atoms with Gasteiger partial charge in [-0.3, -0.25) is 9.58 Å². The van der Waals surface area contributed by atoms with Crippen molar-refractivity contribution in [2.24, 2.45) is 5.73 Å². The van der Waals surface area contributed by atoms with Crippen LogP contribution in [-0.4, -0.2) is 33.8 Å². The second kappa shape index (κ2) is 5.50. The Kier molecular flexibility index (Phi) is 4.15. The van der Waals surface area contributed by atoms with Crippen LogP contribution in [0, 0.1) is 0 Å². The molecule has 4 nitrogen and oxygen atoms in total. The van der Waals surface area contributed by atoms with Gasteiger partial charge in [0.1, 0.15) is 0 Å². The first-order valence-electron chi connectivity index (χ1n) is 6.52. The minimum atomic E-state index is -4.38. The quantitative estimate of drug-likeness (QED) is 0.916. The second-order valence-electron chi connectivity index (χ2n) is 4.95. The Hall–Kier alpha value is -1.08. The molecule has 2 heterocycles. The van der Waals surface area contributed by atoms with Crippen molar-refractivity contribution in [1.82, 2.24) is 14.7 Å². The van der Waals surface area contributed by atoms with Crippen LogP contribution in [0.25, 0.3) is 0 Å². The number of aromatic nitrogens is 2. The number of aryl methyl sites for hydroxylation is 1. The van der Waals surface area contributed by atoms with Gasteiger partial charge in [0, 0.05) is 32.2 Å². The number of likely N-dealkylation sites (tertiary alicyclic amines) is 1. The summed E-state index contributed by atoms with van der Waals surface area (Å²) < 4.78 is 39.4. The monoisotopic (exact) mass is 276 g/mol. The third kappa shape index (κ3) is 3.48. The fraction of sp³-hybridized carbons (Fsp3) is 0.750. The SMILES string of the molecule is CCn1nc(C(F)(F)F)cc1CN1CCC(N)CC1. The van der Waals surface area contributed by atoms with Crippen LogP contribution in [0.5, 0.6) is 0 Å². The summed E-state index contributed by atoms with van der Waals surface area (Å²) in [6.07, 6.45) is -2.59. The van der Waals surface area contributed by atoms with Gasteiger partial charge in [-0.15, -0.1) is 0 Å². The lowest BCUT2D eigenvalue weighted by Crippen LogP contribution is -2.39. The normalized spacial score (nSPS) is 19.0. The second-order valence-corrected chi connectivity index (χ2v) is 4.95. The van der Waals surface area contributed by atoms with E-state index in [1.54, 1.807) is 6.92 Å². The smallest absolute Gasteiger partial charge is 0.328 e. The van der Waals surface area contributed by atoms with Crippen molar-refractivity contribution in [3.63, 3.8) is 0 Å². The van der Waals surface area contributed by atoms with Crippen LogP contribution >= 0.6 is 0 Å². The van der Waals surface area contributed by atoms with Crippen molar-refractivity contribution >= 4 is 0 Å². The lowest BCUT2D eigenvalue weighted by atomic mass is 10.1. The first kappa shape index (κ1) is 14.3. The Labute approximate surface area is 110 Å². The van der Waals surface area contributed by atoms with E-state index in [1.165, 1.54) is 4.68 Å². The minimum absolute atomic E-state index is 0.220. The Morgan fingerprint density at radius 2 is 2.00 bits per heavy atom. The maximum atomic E-state index is 12.6. The van der Waals surface area contributed by atoms with E-state index in [0.717, 1.165) is 32.0 Å². The van der Waals surface area contributed by atoms with Gasteiger partial charge < -0.3 is 5.73 Å². The van der Waals surface area contributed by atoms with E-state index in [9.17, 15) is 13.2 Å². The van der Waals surface area contributed by atoms with E-state index in [0.29, 0.717) is 18.8 Å². The Morgan fingerprint density at radius 1 is 1.37 bits per heavy atom. The molecular weight excluding hydrogens is 257 g/mol. The van der Waals surface area contributed by atoms with Crippen LogP contribution in [0.1, 0.15) is 31.2 Å². The van der Waals surface area contributed by atoms with Crippen molar-refractivity contribution in [1.29, 1.82) is 0 Å². The van der Waals surface area contributed by atoms with Gasteiger partial charge in [-0.25, -0.2) is 0 Å². The first-order valence-corrected chi connectivity index (χ1v) is 6.52. The number of piperidine rings is 1. The highest BCUT2D eigenvalue weighted by Crippen LogP contribution is 2.29. The average molecular weight is 276 g/mol. The van der Waals surface area contributed by atoms with Gasteiger partial charge >= 0.3 is 6.18 Å². The molecule has 0 unspecified atom stereocenters. The van der Waals surface area contributed by atoms with Crippen LogP contribution in [0.3, 0.4) is 0 Å². The summed E-state index contributed by atoms with van der Waals surface area (Å²) in [7, 11) is 0. The van der Waals surface area contributed by atoms with Gasteiger partial charge in [0.25, 0.3) is 0 Å². The molecular formula is C12H19F3N4. The number of halogens is 3. The maximum Gasteiger partial charge on any atom is 0.435 e. The highest BCUT2D eigenvalue weighted by molar-refractivity contribution is 5.13. The molecule has 0 amide bonds. The molecule has 0 aromatic carbocycles. The van der Waals surface area contributed by atoms with Gasteiger partial charge in [-0.05, 0) is 25.8 Å². The van der Waals surface area contributed by atoms with Crippen molar-refractivity contribution in [2.45, 2.75) is 45.1 Å². The number of rotatable bonds is 3. The molecule has 7 heteroatoms. The third-order valence-corrected chi connectivity index (χ3v) is 3.47. The lowest BCUT2D eigenvalue weighted by Gasteiger charge is -2.29. The maximum absolute atomic E-state index is 12.6. The largest absolute Gasteiger partial charge is 0.435 e.